The lowest BCUT2D eigenvalue weighted by molar-refractivity contribution is -0.126. The topological polar surface area (TPSA) is 43.4 Å². The maximum atomic E-state index is 13.0. The first-order chi connectivity index (χ1) is 17.9. The van der Waals surface area contributed by atoms with Gasteiger partial charge in [0.15, 0.2) is 0 Å². The van der Waals surface area contributed by atoms with Crippen LogP contribution in [-0.4, -0.2) is 14.5 Å². The molecule has 38 heavy (non-hydrogen) atoms. The van der Waals surface area contributed by atoms with Crippen molar-refractivity contribution >= 4 is 10.1 Å². The first-order valence-electron chi connectivity index (χ1n) is 15.9. The van der Waals surface area contributed by atoms with Crippen LogP contribution in [0.5, 0.6) is 0 Å². The first-order valence-corrected chi connectivity index (χ1v) is 17.3. The summed E-state index contributed by atoms with van der Waals surface area (Å²) < 4.78 is 31.9. The normalized spacial score (nSPS) is 39.9. The molecular weight excluding hydrogens is 488 g/mol. The summed E-state index contributed by atoms with van der Waals surface area (Å²) in [6.45, 7) is 14.5. The quantitative estimate of drug-likeness (QED) is 0.308. The number of aryl methyl sites for hydroxylation is 1. The standard InChI is InChI=1S/C34H54O3S/c1-23(2)8-7-9-25(4)30-16-17-31-29-15-12-26-22-27(37-38(35,36)28-13-10-24(3)11-14-28)18-20-33(26,5)32(29)19-21-34(30,31)6/h10-11,13-14,23,25-27,29-32H,7-9,12,15-22H2,1-6H3/t25-,26+,27-,29-,30+,31-,32-,33+,34-/m1/s1. The fourth-order valence-electron chi connectivity index (χ4n) is 10.3. The van der Waals surface area contributed by atoms with Gasteiger partial charge in [0.05, 0.1) is 11.0 Å². The highest BCUT2D eigenvalue weighted by atomic mass is 32.2. The number of benzene rings is 1. The van der Waals surface area contributed by atoms with E-state index in [-0.39, 0.29) is 6.10 Å². The average molecular weight is 543 g/mol. The number of rotatable bonds is 8. The largest absolute Gasteiger partial charge is 0.297 e. The molecule has 0 N–H and O–H groups in total. The van der Waals surface area contributed by atoms with Gasteiger partial charge in [0, 0.05) is 0 Å². The summed E-state index contributed by atoms with van der Waals surface area (Å²) in [5.74, 6) is 5.75. The van der Waals surface area contributed by atoms with E-state index in [4.69, 9.17) is 4.18 Å². The highest BCUT2D eigenvalue weighted by Gasteiger charge is 2.60. The third-order valence-corrected chi connectivity index (χ3v) is 13.8. The minimum Gasteiger partial charge on any atom is -0.263 e. The minimum absolute atomic E-state index is 0.174. The second-order valence-electron chi connectivity index (χ2n) is 14.9. The Morgan fingerprint density at radius 1 is 0.868 bits per heavy atom. The Morgan fingerprint density at radius 3 is 2.26 bits per heavy atom. The summed E-state index contributed by atoms with van der Waals surface area (Å²) in [5, 5.41) is 0. The summed E-state index contributed by atoms with van der Waals surface area (Å²) in [6, 6.07) is 7.07. The second kappa shape index (κ2) is 10.8. The molecule has 1 aromatic carbocycles. The molecule has 0 unspecified atom stereocenters. The molecule has 0 aliphatic heterocycles. The van der Waals surface area contributed by atoms with E-state index in [0.717, 1.165) is 60.3 Å². The Balaban J connectivity index is 1.24. The van der Waals surface area contributed by atoms with Crippen LogP contribution in [0.25, 0.3) is 0 Å². The molecule has 0 heterocycles. The van der Waals surface area contributed by atoms with Gasteiger partial charge in [-0.15, -0.1) is 0 Å². The molecule has 3 nitrogen and oxygen atoms in total. The van der Waals surface area contributed by atoms with Crippen LogP contribution >= 0.6 is 0 Å². The van der Waals surface area contributed by atoms with Gasteiger partial charge < -0.3 is 0 Å². The van der Waals surface area contributed by atoms with Crippen molar-refractivity contribution in [1.29, 1.82) is 0 Å². The smallest absolute Gasteiger partial charge is 0.263 e. The monoisotopic (exact) mass is 542 g/mol. The van der Waals surface area contributed by atoms with E-state index in [1.807, 2.05) is 19.1 Å². The van der Waals surface area contributed by atoms with Crippen LogP contribution in [0, 0.1) is 59.2 Å². The van der Waals surface area contributed by atoms with Gasteiger partial charge in [0.25, 0.3) is 10.1 Å². The van der Waals surface area contributed by atoms with E-state index in [1.165, 1.54) is 57.8 Å². The molecule has 214 valence electrons. The van der Waals surface area contributed by atoms with Gasteiger partial charge in [-0.05, 0) is 129 Å². The number of hydrogen-bond acceptors (Lipinski definition) is 3. The van der Waals surface area contributed by atoms with E-state index in [9.17, 15) is 8.42 Å². The van der Waals surface area contributed by atoms with Gasteiger partial charge >= 0.3 is 0 Å². The molecule has 1 aromatic rings. The van der Waals surface area contributed by atoms with E-state index in [1.54, 1.807) is 12.1 Å². The van der Waals surface area contributed by atoms with Crippen molar-refractivity contribution in [2.45, 2.75) is 130 Å². The Bertz CT molecular complexity index is 1060. The zero-order valence-electron chi connectivity index (χ0n) is 25.0. The summed E-state index contributed by atoms with van der Waals surface area (Å²) in [5.41, 5.74) is 1.94. The fourth-order valence-corrected chi connectivity index (χ4v) is 11.4. The van der Waals surface area contributed by atoms with Crippen LogP contribution in [0.1, 0.15) is 117 Å². The molecule has 4 aliphatic rings. The third-order valence-electron chi connectivity index (χ3n) is 12.4. The van der Waals surface area contributed by atoms with Gasteiger partial charge in [0.2, 0.25) is 0 Å². The van der Waals surface area contributed by atoms with Crippen molar-refractivity contribution in [3.05, 3.63) is 29.8 Å². The molecule has 0 aromatic heterocycles. The van der Waals surface area contributed by atoms with E-state index >= 15 is 0 Å². The summed E-state index contributed by atoms with van der Waals surface area (Å²) in [6.07, 6.45) is 15.2. The van der Waals surface area contributed by atoms with Crippen molar-refractivity contribution in [3.63, 3.8) is 0 Å². The fraction of sp³-hybridized carbons (Fsp3) is 0.824. The van der Waals surface area contributed by atoms with Crippen molar-refractivity contribution in [2.24, 2.45) is 52.3 Å². The first kappa shape index (κ1) is 28.7. The average Bonchev–Trinajstić information content (AvgIpc) is 3.21. The van der Waals surface area contributed by atoms with Crippen molar-refractivity contribution in [3.8, 4) is 0 Å². The van der Waals surface area contributed by atoms with Gasteiger partial charge in [-0.2, -0.15) is 8.42 Å². The Morgan fingerprint density at radius 2 is 1.55 bits per heavy atom. The maximum Gasteiger partial charge on any atom is 0.297 e. The molecule has 5 rings (SSSR count). The lowest BCUT2D eigenvalue weighted by Crippen LogP contribution is -2.54. The molecule has 4 fully saturated rings. The van der Waals surface area contributed by atoms with Crippen molar-refractivity contribution in [2.75, 3.05) is 0 Å². The van der Waals surface area contributed by atoms with Crippen LogP contribution in [-0.2, 0) is 14.3 Å². The lowest BCUT2D eigenvalue weighted by Gasteiger charge is -2.61. The zero-order valence-corrected chi connectivity index (χ0v) is 25.9. The van der Waals surface area contributed by atoms with Gasteiger partial charge in [0.1, 0.15) is 0 Å². The van der Waals surface area contributed by atoms with Gasteiger partial charge in [-0.25, -0.2) is 0 Å². The molecule has 0 radical (unpaired) electrons. The minimum atomic E-state index is -3.70. The van der Waals surface area contributed by atoms with Gasteiger partial charge in [-0.1, -0.05) is 71.6 Å². The van der Waals surface area contributed by atoms with Crippen LogP contribution in [0.3, 0.4) is 0 Å². The van der Waals surface area contributed by atoms with Crippen molar-refractivity contribution < 1.29 is 12.6 Å². The third kappa shape index (κ3) is 5.27. The van der Waals surface area contributed by atoms with E-state index in [0.29, 0.717) is 21.6 Å². The predicted octanol–water partition coefficient (Wildman–Crippen LogP) is 9.19. The summed E-state index contributed by atoms with van der Waals surface area (Å²) in [7, 11) is -3.70. The lowest BCUT2D eigenvalue weighted by atomic mass is 9.44. The van der Waals surface area contributed by atoms with Crippen LogP contribution in [0.2, 0.25) is 0 Å². The Labute approximate surface area is 234 Å². The van der Waals surface area contributed by atoms with Crippen LogP contribution in [0.4, 0.5) is 0 Å². The van der Waals surface area contributed by atoms with Crippen molar-refractivity contribution in [1.82, 2.24) is 0 Å². The molecule has 0 spiro atoms. The SMILES string of the molecule is Cc1ccc(S(=O)(=O)O[C@@H]2CC[C@@]3(C)[C@@H](CC[C@H]4[C@H]3CC[C@@]3(C)[C@@H]4CC[C@H]3[C@H](C)CCCC(C)C)C2)cc1. The molecule has 9 atom stereocenters. The summed E-state index contributed by atoms with van der Waals surface area (Å²) >= 11 is 0. The molecule has 4 aliphatic carbocycles. The van der Waals surface area contributed by atoms with Crippen LogP contribution in [0.15, 0.2) is 29.2 Å². The molecule has 4 saturated carbocycles. The Hall–Kier alpha value is -0.870. The van der Waals surface area contributed by atoms with Crippen LogP contribution < -0.4 is 0 Å². The molecule has 0 amide bonds. The molecule has 0 saturated heterocycles. The highest BCUT2D eigenvalue weighted by molar-refractivity contribution is 7.86. The second-order valence-corrected chi connectivity index (χ2v) is 16.5. The number of hydrogen-bond donors (Lipinski definition) is 0. The highest BCUT2D eigenvalue weighted by Crippen LogP contribution is 2.68. The molecule has 0 bridgehead atoms. The summed E-state index contributed by atoms with van der Waals surface area (Å²) in [4.78, 5) is 0.293. The van der Waals surface area contributed by atoms with Gasteiger partial charge in [-0.3, -0.25) is 4.18 Å². The van der Waals surface area contributed by atoms with E-state index < -0.39 is 10.1 Å². The molecular formula is C34H54O3S. The number of fused-ring (bicyclic) bond motifs is 5. The Kier molecular flexibility index (Phi) is 8.17. The molecule has 4 heteroatoms. The predicted molar refractivity (Wildman–Crippen MR) is 156 cm³/mol. The van der Waals surface area contributed by atoms with E-state index in [2.05, 4.69) is 34.6 Å². The maximum absolute atomic E-state index is 13.0. The zero-order chi connectivity index (χ0) is 27.3.